The summed E-state index contributed by atoms with van der Waals surface area (Å²) in [5.74, 6) is 0. The van der Waals surface area contributed by atoms with E-state index in [-0.39, 0.29) is 0 Å². The SMILES string of the molecule is CCC1=C(CC)[C]([Ti]([C]2=CCC(CC)=C2CC)([c]2ccccc2)[c]2ccccc2)=CC1. The van der Waals surface area contributed by atoms with Crippen LogP contribution in [0.15, 0.2) is 103 Å². The molecule has 31 heavy (non-hydrogen) atoms. The molecule has 4 rings (SSSR count). The van der Waals surface area contributed by atoms with Gasteiger partial charge in [-0.3, -0.25) is 0 Å². The Kier molecular flexibility index (Phi) is 7.00. The molecule has 0 nitrogen and oxygen atoms in total. The van der Waals surface area contributed by atoms with Crippen LogP contribution in [0.4, 0.5) is 0 Å². The predicted molar refractivity (Wildman–Crippen MR) is 133 cm³/mol. The fourth-order valence-electron chi connectivity index (χ4n) is 5.99. The zero-order chi connectivity index (χ0) is 21.8. The van der Waals surface area contributed by atoms with E-state index in [2.05, 4.69) is 101 Å². The zero-order valence-electron chi connectivity index (χ0n) is 19.7. The maximum absolute atomic E-state index is 3.10. The van der Waals surface area contributed by atoms with Gasteiger partial charge in [-0.25, -0.2) is 0 Å². The van der Waals surface area contributed by atoms with Crippen LogP contribution in [0.3, 0.4) is 0 Å². The second-order valence-electron chi connectivity index (χ2n) is 8.70. The first-order valence-corrected chi connectivity index (χ1v) is 15.3. The number of hydrogen-bond acceptors (Lipinski definition) is 0. The minimum absolute atomic E-state index is 1.14. The fraction of sp³-hybridized carbons (Fsp3) is 0.333. The van der Waals surface area contributed by atoms with Gasteiger partial charge in [0, 0.05) is 0 Å². The van der Waals surface area contributed by atoms with Gasteiger partial charge in [0.2, 0.25) is 0 Å². The molecule has 0 N–H and O–H groups in total. The molecule has 0 saturated heterocycles. The molecule has 0 saturated carbocycles. The molecule has 0 fully saturated rings. The van der Waals surface area contributed by atoms with E-state index >= 15 is 0 Å². The van der Waals surface area contributed by atoms with Crippen LogP contribution < -0.4 is 7.74 Å². The average molecular weight is 444 g/mol. The molecule has 0 radical (unpaired) electrons. The Hall–Kier alpha value is -1.89. The molecule has 0 bridgehead atoms. The van der Waals surface area contributed by atoms with E-state index in [9.17, 15) is 0 Å². The molecule has 0 amide bonds. The molecule has 0 heterocycles. The van der Waals surface area contributed by atoms with Gasteiger partial charge >= 0.3 is 193 Å². The number of hydrogen-bond donors (Lipinski definition) is 0. The third-order valence-corrected chi connectivity index (χ3v) is 15.2. The monoisotopic (exact) mass is 444 g/mol. The Morgan fingerprint density at radius 3 is 1.26 bits per heavy atom. The molecule has 0 aromatic heterocycles. The van der Waals surface area contributed by atoms with Crippen LogP contribution in [-0.4, -0.2) is 0 Å². The van der Waals surface area contributed by atoms with E-state index in [1.807, 2.05) is 0 Å². The first-order chi connectivity index (χ1) is 15.2. The van der Waals surface area contributed by atoms with Gasteiger partial charge in [-0.2, -0.15) is 0 Å². The van der Waals surface area contributed by atoms with Gasteiger partial charge in [0.05, 0.1) is 0 Å². The topological polar surface area (TPSA) is 0 Å². The van der Waals surface area contributed by atoms with Gasteiger partial charge in [0.25, 0.3) is 0 Å². The second-order valence-corrected chi connectivity index (χ2v) is 14.5. The first kappa shape index (κ1) is 22.3. The van der Waals surface area contributed by atoms with Gasteiger partial charge in [0.1, 0.15) is 0 Å². The van der Waals surface area contributed by atoms with Crippen molar-refractivity contribution in [3.63, 3.8) is 0 Å². The summed E-state index contributed by atoms with van der Waals surface area (Å²) in [5.41, 5.74) is 6.65. The minimum atomic E-state index is -3.10. The molecule has 160 valence electrons. The Morgan fingerprint density at radius 2 is 0.935 bits per heavy atom. The summed E-state index contributed by atoms with van der Waals surface area (Å²) >= 11 is -3.10. The van der Waals surface area contributed by atoms with E-state index in [0.717, 1.165) is 25.7 Å². The average Bonchev–Trinajstić information content (AvgIpc) is 3.45. The van der Waals surface area contributed by atoms with Crippen LogP contribution in [0.25, 0.3) is 0 Å². The summed E-state index contributed by atoms with van der Waals surface area (Å²) in [4.78, 5) is 0. The molecule has 2 aliphatic carbocycles. The molecule has 0 aliphatic heterocycles. The Morgan fingerprint density at radius 1 is 0.548 bits per heavy atom. The number of rotatable bonds is 8. The second kappa shape index (κ2) is 9.72. The van der Waals surface area contributed by atoms with Gasteiger partial charge in [-0.05, 0) is 0 Å². The summed E-state index contributed by atoms with van der Waals surface area (Å²) in [6, 6.07) is 23.1. The van der Waals surface area contributed by atoms with E-state index in [4.69, 9.17) is 0 Å². The molecular formula is C30H36Ti. The van der Waals surface area contributed by atoms with Crippen LogP contribution >= 0.6 is 0 Å². The van der Waals surface area contributed by atoms with Crippen LogP contribution in [0.5, 0.6) is 0 Å². The van der Waals surface area contributed by atoms with Crippen molar-refractivity contribution in [1.29, 1.82) is 0 Å². The summed E-state index contributed by atoms with van der Waals surface area (Å²) in [6.07, 6.45) is 12.2. The summed E-state index contributed by atoms with van der Waals surface area (Å²) < 4.78 is 6.59. The Balaban J connectivity index is 2.11. The predicted octanol–water partition coefficient (Wildman–Crippen LogP) is 7.60. The number of allylic oxidation sites excluding steroid dienone is 8. The molecule has 0 atom stereocenters. The van der Waals surface area contributed by atoms with Gasteiger partial charge in [0.15, 0.2) is 0 Å². The van der Waals surface area contributed by atoms with Crippen molar-refractivity contribution in [3.05, 3.63) is 103 Å². The van der Waals surface area contributed by atoms with E-state index < -0.39 is 16.6 Å². The summed E-state index contributed by atoms with van der Waals surface area (Å²) in [6.45, 7) is 9.40. The molecule has 2 aliphatic rings. The first-order valence-electron chi connectivity index (χ1n) is 12.2. The van der Waals surface area contributed by atoms with Crippen molar-refractivity contribution in [1.82, 2.24) is 0 Å². The molecular weight excluding hydrogens is 408 g/mol. The summed E-state index contributed by atoms with van der Waals surface area (Å²) in [7, 11) is 0. The quantitative estimate of drug-likeness (QED) is 0.368. The Bertz CT molecular complexity index is 961. The normalized spacial score (nSPS) is 16.8. The zero-order valence-corrected chi connectivity index (χ0v) is 21.2. The van der Waals surface area contributed by atoms with Crippen molar-refractivity contribution in [2.75, 3.05) is 0 Å². The van der Waals surface area contributed by atoms with Crippen molar-refractivity contribution < 1.29 is 16.6 Å². The molecule has 1 heteroatoms. The third kappa shape index (κ3) is 3.69. The maximum atomic E-state index is 2.63. The van der Waals surface area contributed by atoms with Crippen molar-refractivity contribution in [3.8, 4) is 0 Å². The van der Waals surface area contributed by atoms with Crippen molar-refractivity contribution in [2.45, 2.75) is 66.2 Å². The fourth-order valence-corrected chi connectivity index (χ4v) is 14.9. The van der Waals surface area contributed by atoms with E-state index in [1.165, 1.54) is 12.8 Å². The van der Waals surface area contributed by atoms with Crippen LogP contribution in [0.2, 0.25) is 0 Å². The molecule has 0 unspecified atom stereocenters. The van der Waals surface area contributed by atoms with Crippen molar-refractivity contribution in [2.24, 2.45) is 0 Å². The van der Waals surface area contributed by atoms with Gasteiger partial charge < -0.3 is 0 Å². The third-order valence-electron chi connectivity index (χ3n) is 7.39. The molecule has 2 aromatic carbocycles. The standard InChI is InChI=1S/2C9H13.2C6H5.Ti/c2*1-3-8-6-5-7-9(8)4-2;2*1-2-4-6-5-3-1;/h2*5H,3-4,6H2,1-2H3;2*1-5H;. The van der Waals surface area contributed by atoms with Crippen LogP contribution in [0.1, 0.15) is 66.2 Å². The Labute approximate surface area is 192 Å². The van der Waals surface area contributed by atoms with E-state index in [0.29, 0.717) is 0 Å². The van der Waals surface area contributed by atoms with Crippen molar-refractivity contribution >= 4 is 7.74 Å². The van der Waals surface area contributed by atoms with E-state index in [1.54, 1.807) is 37.8 Å². The van der Waals surface area contributed by atoms with Gasteiger partial charge in [-0.15, -0.1) is 0 Å². The molecule has 2 aromatic rings. The summed E-state index contributed by atoms with van der Waals surface area (Å²) in [5, 5.41) is 0. The number of benzene rings is 2. The van der Waals surface area contributed by atoms with Crippen LogP contribution in [0, 0.1) is 0 Å². The van der Waals surface area contributed by atoms with Crippen LogP contribution in [-0.2, 0) is 16.6 Å². The molecule has 0 spiro atoms. The van der Waals surface area contributed by atoms with Gasteiger partial charge in [-0.1, -0.05) is 0 Å².